The number of carbonyl (C=O) groups excluding carboxylic acids is 1. The van der Waals surface area contributed by atoms with Crippen molar-refractivity contribution >= 4 is 23.2 Å². The number of nitrogens with zero attached hydrogens (tertiary/aromatic N) is 1. The zero-order valence-electron chi connectivity index (χ0n) is 11.6. The molecule has 1 aliphatic rings. The minimum atomic E-state index is -0.245. The molecule has 1 aromatic carbocycles. The maximum atomic E-state index is 11.7. The van der Waals surface area contributed by atoms with E-state index in [-0.39, 0.29) is 12.5 Å². The first-order valence-corrected chi connectivity index (χ1v) is 7.26. The summed E-state index contributed by atoms with van der Waals surface area (Å²) in [4.78, 5) is 11.7. The summed E-state index contributed by atoms with van der Waals surface area (Å²) in [5.74, 6) is 0.828. The van der Waals surface area contributed by atoms with Gasteiger partial charge in [0.1, 0.15) is 5.75 Å². The number of amides is 1. The van der Waals surface area contributed by atoms with E-state index in [1.807, 2.05) is 0 Å². The van der Waals surface area contributed by atoms with Gasteiger partial charge in [-0.25, -0.2) is 5.43 Å². The third kappa shape index (κ3) is 4.53. The highest BCUT2D eigenvalue weighted by molar-refractivity contribution is 6.30. The van der Waals surface area contributed by atoms with Crippen molar-refractivity contribution in [1.29, 1.82) is 0 Å². The van der Waals surface area contributed by atoms with E-state index in [1.54, 1.807) is 24.3 Å². The maximum Gasteiger partial charge on any atom is 0.277 e. The number of carbonyl (C=O) groups is 1. The standard InChI is InChI=1S/C15H19ClN2O2/c1-11-4-2-3-5-14(11)17-18-15(19)10-20-13-8-6-12(16)7-9-13/h6-9,11H,2-5,10H2,1H3,(H,18,19)/b17-14-/t11-/m0/s1. The topological polar surface area (TPSA) is 50.7 Å². The molecule has 1 fully saturated rings. The Balaban J connectivity index is 1.77. The van der Waals surface area contributed by atoms with Crippen LogP contribution in [-0.2, 0) is 4.79 Å². The van der Waals surface area contributed by atoms with Crippen LogP contribution in [0.5, 0.6) is 5.75 Å². The summed E-state index contributed by atoms with van der Waals surface area (Å²) in [5, 5.41) is 4.84. The normalized spacial score (nSPS) is 20.7. The second-order valence-electron chi connectivity index (χ2n) is 5.03. The lowest BCUT2D eigenvalue weighted by Gasteiger charge is -2.19. The molecule has 1 N–H and O–H groups in total. The van der Waals surface area contributed by atoms with E-state index in [0.29, 0.717) is 16.7 Å². The van der Waals surface area contributed by atoms with Gasteiger partial charge in [-0.1, -0.05) is 24.9 Å². The van der Waals surface area contributed by atoms with Gasteiger partial charge in [0.15, 0.2) is 6.61 Å². The minimum Gasteiger partial charge on any atom is -0.484 e. The molecule has 1 atom stereocenters. The van der Waals surface area contributed by atoms with Crippen LogP contribution in [0.3, 0.4) is 0 Å². The Kier molecular flexibility index (Phi) is 5.41. The second kappa shape index (κ2) is 7.29. The van der Waals surface area contributed by atoms with E-state index >= 15 is 0 Å². The van der Waals surface area contributed by atoms with Gasteiger partial charge >= 0.3 is 0 Å². The lowest BCUT2D eigenvalue weighted by Crippen LogP contribution is -2.28. The molecular formula is C15H19ClN2O2. The van der Waals surface area contributed by atoms with E-state index in [2.05, 4.69) is 17.5 Å². The van der Waals surface area contributed by atoms with E-state index in [9.17, 15) is 4.79 Å². The van der Waals surface area contributed by atoms with Crippen LogP contribution in [0.25, 0.3) is 0 Å². The molecule has 4 nitrogen and oxygen atoms in total. The number of benzene rings is 1. The Morgan fingerprint density at radius 1 is 1.40 bits per heavy atom. The molecule has 1 aromatic rings. The molecule has 0 aromatic heterocycles. The van der Waals surface area contributed by atoms with Gasteiger partial charge in [-0.05, 0) is 49.4 Å². The number of halogens is 1. The first-order valence-electron chi connectivity index (χ1n) is 6.89. The number of hydrogen-bond donors (Lipinski definition) is 1. The van der Waals surface area contributed by atoms with Crippen LogP contribution in [0.1, 0.15) is 32.6 Å². The Hall–Kier alpha value is -1.55. The number of rotatable bonds is 4. The molecule has 108 valence electrons. The van der Waals surface area contributed by atoms with Crippen molar-refractivity contribution in [3.63, 3.8) is 0 Å². The first kappa shape index (κ1) is 14.9. The van der Waals surface area contributed by atoms with Gasteiger partial charge in [0.25, 0.3) is 5.91 Å². The van der Waals surface area contributed by atoms with Crippen LogP contribution >= 0.6 is 11.6 Å². The van der Waals surface area contributed by atoms with Gasteiger partial charge in [-0.2, -0.15) is 5.10 Å². The summed E-state index contributed by atoms with van der Waals surface area (Å²) >= 11 is 5.77. The predicted molar refractivity (Wildman–Crippen MR) is 80.2 cm³/mol. The largest absolute Gasteiger partial charge is 0.484 e. The van der Waals surface area contributed by atoms with Crippen LogP contribution in [0.2, 0.25) is 5.02 Å². The van der Waals surface area contributed by atoms with Crippen molar-refractivity contribution < 1.29 is 9.53 Å². The highest BCUT2D eigenvalue weighted by atomic mass is 35.5. The summed E-state index contributed by atoms with van der Waals surface area (Å²) in [6.07, 6.45) is 4.52. The highest BCUT2D eigenvalue weighted by Crippen LogP contribution is 2.20. The quantitative estimate of drug-likeness (QED) is 0.865. The number of nitrogens with one attached hydrogen (secondary N) is 1. The summed E-state index contributed by atoms with van der Waals surface area (Å²) in [7, 11) is 0. The fraction of sp³-hybridized carbons (Fsp3) is 0.467. The SMILES string of the molecule is C[C@H]1CCCC/C1=N/NC(=O)COc1ccc(Cl)cc1. The molecule has 0 saturated heterocycles. The molecule has 2 rings (SSSR count). The van der Waals surface area contributed by atoms with Crippen molar-refractivity contribution in [2.24, 2.45) is 11.0 Å². The molecule has 0 aliphatic heterocycles. The zero-order chi connectivity index (χ0) is 14.4. The average Bonchev–Trinajstić information content (AvgIpc) is 2.46. The molecule has 0 bridgehead atoms. The minimum absolute atomic E-state index is 0.0488. The van der Waals surface area contributed by atoms with Crippen LogP contribution in [0.4, 0.5) is 0 Å². The average molecular weight is 295 g/mol. The van der Waals surface area contributed by atoms with Crippen molar-refractivity contribution in [1.82, 2.24) is 5.43 Å². The number of ether oxygens (including phenoxy) is 1. The molecule has 1 amide bonds. The van der Waals surface area contributed by atoms with Gasteiger partial charge in [-0.15, -0.1) is 0 Å². The van der Waals surface area contributed by atoms with Gasteiger partial charge < -0.3 is 4.74 Å². The Labute approximate surface area is 124 Å². The molecular weight excluding hydrogens is 276 g/mol. The molecule has 1 saturated carbocycles. The second-order valence-corrected chi connectivity index (χ2v) is 5.46. The molecule has 1 aliphatic carbocycles. The van der Waals surface area contributed by atoms with Crippen LogP contribution < -0.4 is 10.2 Å². The lowest BCUT2D eigenvalue weighted by molar-refractivity contribution is -0.123. The van der Waals surface area contributed by atoms with Gasteiger partial charge in [0.2, 0.25) is 0 Å². The summed E-state index contributed by atoms with van der Waals surface area (Å²) < 4.78 is 5.35. The van der Waals surface area contributed by atoms with E-state index < -0.39 is 0 Å². The summed E-state index contributed by atoms with van der Waals surface area (Å²) in [6.45, 7) is 2.10. The van der Waals surface area contributed by atoms with Gasteiger partial charge in [0, 0.05) is 10.7 Å². The smallest absolute Gasteiger partial charge is 0.277 e. The first-order chi connectivity index (χ1) is 9.65. The van der Waals surface area contributed by atoms with Crippen molar-refractivity contribution in [2.45, 2.75) is 32.6 Å². The van der Waals surface area contributed by atoms with Crippen molar-refractivity contribution in [3.05, 3.63) is 29.3 Å². The zero-order valence-corrected chi connectivity index (χ0v) is 12.3. The van der Waals surface area contributed by atoms with E-state index in [4.69, 9.17) is 16.3 Å². The lowest BCUT2D eigenvalue weighted by atomic mass is 9.89. The van der Waals surface area contributed by atoms with Crippen LogP contribution in [0.15, 0.2) is 29.4 Å². The van der Waals surface area contributed by atoms with Crippen molar-refractivity contribution in [2.75, 3.05) is 6.61 Å². The molecule has 0 heterocycles. The highest BCUT2D eigenvalue weighted by Gasteiger charge is 2.16. The third-order valence-corrected chi connectivity index (χ3v) is 3.65. The Morgan fingerprint density at radius 2 is 2.15 bits per heavy atom. The summed E-state index contributed by atoms with van der Waals surface area (Å²) in [6, 6.07) is 6.90. The third-order valence-electron chi connectivity index (χ3n) is 3.40. The fourth-order valence-electron chi connectivity index (χ4n) is 2.18. The molecule has 20 heavy (non-hydrogen) atoms. The molecule has 0 unspecified atom stereocenters. The number of hydrazone groups is 1. The molecule has 0 spiro atoms. The monoisotopic (exact) mass is 294 g/mol. The van der Waals surface area contributed by atoms with Gasteiger partial charge in [-0.3, -0.25) is 4.79 Å². The van der Waals surface area contributed by atoms with E-state index in [0.717, 1.165) is 25.0 Å². The fourth-order valence-corrected chi connectivity index (χ4v) is 2.31. The Bertz CT molecular complexity index is 485. The molecule has 0 radical (unpaired) electrons. The van der Waals surface area contributed by atoms with Crippen LogP contribution in [-0.4, -0.2) is 18.2 Å². The number of hydrogen-bond acceptors (Lipinski definition) is 3. The van der Waals surface area contributed by atoms with E-state index in [1.165, 1.54) is 6.42 Å². The maximum absolute atomic E-state index is 11.7. The molecule has 5 heteroatoms. The van der Waals surface area contributed by atoms with Crippen molar-refractivity contribution in [3.8, 4) is 5.75 Å². The predicted octanol–water partition coefficient (Wildman–Crippen LogP) is 3.40. The summed E-state index contributed by atoms with van der Waals surface area (Å²) in [5.41, 5.74) is 3.64. The van der Waals surface area contributed by atoms with Gasteiger partial charge in [0.05, 0.1) is 0 Å². The Morgan fingerprint density at radius 3 is 2.85 bits per heavy atom. The van der Waals surface area contributed by atoms with Crippen LogP contribution in [0, 0.1) is 5.92 Å².